The maximum Gasteiger partial charge on any atom is 0.336 e. The monoisotopic (exact) mass is 438 g/mol. The van der Waals surface area contributed by atoms with Crippen molar-refractivity contribution in [2.24, 2.45) is 5.92 Å². The molecule has 0 unspecified atom stereocenters. The highest BCUT2D eigenvalue weighted by molar-refractivity contribution is 5.90. The van der Waals surface area contributed by atoms with Crippen LogP contribution in [0.2, 0.25) is 0 Å². The molecule has 0 spiro atoms. The lowest BCUT2D eigenvalue weighted by Crippen LogP contribution is -2.13. The van der Waals surface area contributed by atoms with E-state index < -0.39 is 0 Å². The van der Waals surface area contributed by atoms with Crippen LogP contribution in [0.3, 0.4) is 0 Å². The van der Waals surface area contributed by atoms with Crippen molar-refractivity contribution in [3.8, 4) is 28.8 Å². The van der Waals surface area contributed by atoms with Crippen molar-refractivity contribution in [1.82, 2.24) is 14.8 Å². The van der Waals surface area contributed by atoms with Crippen molar-refractivity contribution in [2.45, 2.75) is 27.2 Å². The van der Waals surface area contributed by atoms with Crippen LogP contribution in [-0.2, 0) is 9.53 Å². The second-order valence-corrected chi connectivity index (χ2v) is 7.60. The van der Waals surface area contributed by atoms with Gasteiger partial charge in [0.2, 0.25) is 5.91 Å². The number of carbonyl (C=O) groups excluding carboxylic acids is 1. The van der Waals surface area contributed by atoms with Crippen molar-refractivity contribution >= 4 is 11.6 Å². The molecule has 1 amide bonds. The summed E-state index contributed by atoms with van der Waals surface area (Å²) in [6.45, 7) is 7.41. The molecule has 1 aromatic heterocycles. The molecule has 32 heavy (non-hydrogen) atoms. The van der Waals surface area contributed by atoms with Gasteiger partial charge in [-0.05, 0) is 49.2 Å². The Morgan fingerprint density at radius 3 is 2.59 bits per heavy atom. The third-order valence-electron chi connectivity index (χ3n) is 4.57. The minimum atomic E-state index is -0.00411. The lowest BCUT2D eigenvalue weighted by atomic mass is 10.1. The topological polar surface area (TPSA) is 87.5 Å². The maximum atomic E-state index is 12.1. The first kappa shape index (κ1) is 23.3. The fourth-order valence-corrected chi connectivity index (χ4v) is 3.09. The van der Waals surface area contributed by atoms with E-state index in [1.807, 2.05) is 69.3 Å². The third kappa shape index (κ3) is 6.31. The fraction of sp³-hybridized carbons (Fsp3) is 0.375. The first-order valence-corrected chi connectivity index (χ1v) is 10.7. The average Bonchev–Trinajstić information content (AvgIpc) is 3.21. The van der Waals surface area contributed by atoms with Crippen LogP contribution in [0.25, 0.3) is 17.1 Å². The molecular weight excluding hydrogens is 408 g/mol. The molecule has 3 rings (SSSR count). The van der Waals surface area contributed by atoms with Crippen LogP contribution in [0.5, 0.6) is 11.8 Å². The van der Waals surface area contributed by atoms with Crippen LogP contribution < -0.4 is 14.8 Å². The minimum Gasteiger partial charge on any atom is -0.497 e. The van der Waals surface area contributed by atoms with Gasteiger partial charge in [-0.1, -0.05) is 26.0 Å². The largest absolute Gasteiger partial charge is 0.497 e. The number of carbonyl (C=O) groups is 1. The Morgan fingerprint density at radius 2 is 1.91 bits per heavy atom. The number of ether oxygens (including phenoxy) is 3. The van der Waals surface area contributed by atoms with Crippen LogP contribution in [0.4, 0.5) is 5.69 Å². The first-order valence-electron chi connectivity index (χ1n) is 10.7. The highest BCUT2D eigenvalue weighted by atomic mass is 16.5. The SMILES string of the molecule is CCOCCOc1nc(-c2cccc(OC)c2)n(-c2ccc(NC(=O)CC(C)C)cc2)n1. The van der Waals surface area contributed by atoms with Crippen molar-refractivity contribution < 1.29 is 19.0 Å². The molecule has 0 aliphatic carbocycles. The quantitative estimate of drug-likeness (QED) is 0.448. The first-order chi connectivity index (χ1) is 15.5. The third-order valence-corrected chi connectivity index (χ3v) is 4.57. The van der Waals surface area contributed by atoms with Gasteiger partial charge in [0.25, 0.3) is 0 Å². The Kier molecular flexibility index (Phi) is 8.21. The van der Waals surface area contributed by atoms with Crippen LogP contribution in [0.1, 0.15) is 27.2 Å². The molecule has 0 bridgehead atoms. The highest BCUT2D eigenvalue weighted by Crippen LogP contribution is 2.27. The molecule has 1 N–H and O–H groups in total. The standard InChI is InChI=1S/C24H30N4O4/c1-5-31-13-14-32-24-26-23(18-7-6-8-21(16-18)30-4)28(27-24)20-11-9-19(10-12-20)25-22(29)15-17(2)3/h6-12,16-17H,5,13-15H2,1-4H3,(H,25,29). The van der Waals surface area contributed by atoms with Crippen molar-refractivity contribution in [3.05, 3.63) is 48.5 Å². The van der Waals surface area contributed by atoms with Gasteiger partial charge in [0.05, 0.1) is 19.4 Å². The van der Waals surface area contributed by atoms with E-state index >= 15 is 0 Å². The van der Waals surface area contributed by atoms with Crippen molar-refractivity contribution in [3.63, 3.8) is 0 Å². The summed E-state index contributed by atoms with van der Waals surface area (Å²) in [5.41, 5.74) is 2.36. The summed E-state index contributed by atoms with van der Waals surface area (Å²) in [6.07, 6.45) is 0.479. The molecule has 0 saturated carbocycles. The van der Waals surface area contributed by atoms with E-state index in [1.54, 1.807) is 11.8 Å². The summed E-state index contributed by atoms with van der Waals surface area (Å²) >= 11 is 0. The molecule has 1 heterocycles. The van der Waals surface area contributed by atoms with Gasteiger partial charge in [-0.3, -0.25) is 4.79 Å². The number of hydrogen-bond donors (Lipinski definition) is 1. The van der Waals surface area contributed by atoms with E-state index in [0.29, 0.717) is 38.0 Å². The van der Waals surface area contributed by atoms with Crippen LogP contribution in [0, 0.1) is 5.92 Å². The summed E-state index contributed by atoms with van der Waals surface area (Å²) in [5.74, 6) is 1.64. The Labute approximate surface area is 188 Å². The second kappa shape index (κ2) is 11.3. The minimum absolute atomic E-state index is 0.00411. The smallest absolute Gasteiger partial charge is 0.336 e. The summed E-state index contributed by atoms with van der Waals surface area (Å²) < 4.78 is 18.1. The number of rotatable bonds is 11. The van der Waals surface area contributed by atoms with Gasteiger partial charge in [0.1, 0.15) is 12.4 Å². The maximum absolute atomic E-state index is 12.1. The molecule has 0 radical (unpaired) electrons. The van der Waals surface area contributed by atoms with Crippen LogP contribution in [-0.4, -0.2) is 47.6 Å². The zero-order chi connectivity index (χ0) is 22.9. The van der Waals surface area contributed by atoms with E-state index in [1.165, 1.54) is 0 Å². The molecule has 3 aromatic rings. The van der Waals surface area contributed by atoms with E-state index in [0.717, 1.165) is 22.7 Å². The van der Waals surface area contributed by atoms with Crippen LogP contribution >= 0.6 is 0 Å². The van der Waals surface area contributed by atoms with Gasteiger partial charge in [-0.2, -0.15) is 4.98 Å². The summed E-state index contributed by atoms with van der Waals surface area (Å²) in [4.78, 5) is 16.6. The molecule has 8 nitrogen and oxygen atoms in total. The molecule has 2 aromatic carbocycles. The number of hydrogen-bond acceptors (Lipinski definition) is 6. The summed E-state index contributed by atoms with van der Waals surface area (Å²) in [7, 11) is 1.62. The van der Waals surface area contributed by atoms with Crippen molar-refractivity contribution in [1.29, 1.82) is 0 Å². The molecular formula is C24H30N4O4. The average molecular weight is 439 g/mol. The van der Waals surface area contributed by atoms with Gasteiger partial charge >= 0.3 is 6.01 Å². The molecule has 0 saturated heterocycles. The molecule has 170 valence electrons. The van der Waals surface area contributed by atoms with Gasteiger partial charge in [0.15, 0.2) is 5.82 Å². The van der Waals surface area contributed by atoms with E-state index in [-0.39, 0.29) is 11.9 Å². The molecule has 0 aliphatic heterocycles. The zero-order valence-corrected chi connectivity index (χ0v) is 19.0. The molecule has 0 aliphatic rings. The van der Waals surface area contributed by atoms with E-state index in [9.17, 15) is 4.79 Å². The summed E-state index contributed by atoms with van der Waals surface area (Å²) in [5, 5.41) is 7.46. The molecule has 8 heteroatoms. The Balaban J connectivity index is 1.87. The number of amides is 1. The lowest BCUT2D eigenvalue weighted by Gasteiger charge is -2.10. The number of methoxy groups -OCH3 is 1. The normalized spacial score (nSPS) is 10.9. The van der Waals surface area contributed by atoms with Gasteiger partial charge in [0, 0.05) is 24.3 Å². The Bertz CT molecular complexity index is 1020. The Hall–Kier alpha value is -3.39. The predicted molar refractivity (Wildman–Crippen MR) is 123 cm³/mol. The van der Waals surface area contributed by atoms with Crippen molar-refractivity contribution in [2.75, 3.05) is 32.2 Å². The van der Waals surface area contributed by atoms with E-state index in [4.69, 9.17) is 14.2 Å². The van der Waals surface area contributed by atoms with Crippen LogP contribution in [0.15, 0.2) is 48.5 Å². The zero-order valence-electron chi connectivity index (χ0n) is 19.0. The number of nitrogens with one attached hydrogen (secondary N) is 1. The number of benzene rings is 2. The lowest BCUT2D eigenvalue weighted by molar-refractivity contribution is -0.116. The van der Waals surface area contributed by atoms with E-state index in [2.05, 4.69) is 15.4 Å². The molecule has 0 atom stereocenters. The van der Waals surface area contributed by atoms with Gasteiger partial charge in [-0.25, -0.2) is 4.68 Å². The number of anilines is 1. The van der Waals surface area contributed by atoms with Gasteiger partial charge < -0.3 is 19.5 Å². The second-order valence-electron chi connectivity index (χ2n) is 7.60. The highest BCUT2D eigenvalue weighted by Gasteiger charge is 2.16. The summed E-state index contributed by atoms with van der Waals surface area (Å²) in [6, 6.07) is 15.3. The predicted octanol–water partition coefficient (Wildman–Crippen LogP) is 4.34. The fourth-order valence-electron chi connectivity index (χ4n) is 3.09. The number of aromatic nitrogens is 3. The Morgan fingerprint density at radius 1 is 1.12 bits per heavy atom. The number of nitrogens with zero attached hydrogens (tertiary/aromatic N) is 3. The molecule has 0 fully saturated rings. The van der Waals surface area contributed by atoms with Gasteiger partial charge in [-0.15, -0.1) is 5.10 Å².